The summed E-state index contributed by atoms with van der Waals surface area (Å²) >= 11 is 0. The molecular weight excluding hydrogens is 232 g/mol. The first kappa shape index (κ1) is 12.6. The van der Waals surface area contributed by atoms with Crippen LogP contribution in [0.3, 0.4) is 0 Å². The van der Waals surface area contributed by atoms with E-state index in [1.165, 1.54) is 57.8 Å². The van der Waals surface area contributed by atoms with Crippen molar-refractivity contribution >= 4 is 0 Å². The van der Waals surface area contributed by atoms with Crippen molar-refractivity contribution < 1.29 is 0 Å². The molecule has 108 valence electrons. The van der Waals surface area contributed by atoms with Crippen LogP contribution in [0.1, 0.15) is 71.6 Å². The summed E-state index contributed by atoms with van der Waals surface area (Å²) in [7, 11) is 0. The van der Waals surface area contributed by atoms with E-state index >= 15 is 0 Å². The molecule has 5 aliphatic rings. The minimum absolute atomic E-state index is 0.600. The summed E-state index contributed by atoms with van der Waals surface area (Å²) in [6.07, 6.45) is 13.1. The van der Waals surface area contributed by atoms with Gasteiger partial charge in [0.1, 0.15) is 0 Å². The van der Waals surface area contributed by atoms with Gasteiger partial charge in [-0.25, -0.2) is 0 Å². The third-order valence-electron chi connectivity index (χ3n) is 6.80. The van der Waals surface area contributed by atoms with Gasteiger partial charge in [0, 0.05) is 6.04 Å². The van der Waals surface area contributed by atoms with E-state index in [1.807, 2.05) is 0 Å². The number of hydrazine groups is 1. The highest BCUT2D eigenvalue weighted by Crippen LogP contribution is 2.70. The van der Waals surface area contributed by atoms with Crippen LogP contribution in [0.4, 0.5) is 0 Å². The number of hydrogen-bond donors (Lipinski definition) is 2. The Morgan fingerprint density at radius 3 is 2.16 bits per heavy atom. The number of nitrogens with two attached hydrogens (primary N) is 1. The van der Waals surface area contributed by atoms with Crippen molar-refractivity contribution in [2.45, 2.75) is 77.7 Å². The predicted molar refractivity (Wildman–Crippen MR) is 78.3 cm³/mol. The molecule has 0 aliphatic heterocycles. The molecule has 0 aromatic carbocycles. The van der Waals surface area contributed by atoms with Crippen molar-refractivity contribution in [3.05, 3.63) is 0 Å². The molecule has 3 unspecified atom stereocenters. The number of hydrogen-bond acceptors (Lipinski definition) is 2. The molecule has 0 radical (unpaired) electrons. The van der Waals surface area contributed by atoms with E-state index < -0.39 is 0 Å². The van der Waals surface area contributed by atoms with E-state index in [4.69, 9.17) is 5.84 Å². The molecule has 5 fully saturated rings. The van der Waals surface area contributed by atoms with Crippen molar-refractivity contribution in [2.75, 3.05) is 0 Å². The molecule has 0 amide bonds. The largest absolute Gasteiger partial charge is 0.271 e. The van der Waals surface area contributed by atoms with Crippen LogP contribution in [0, 0.1) is 28.1 Å². The second kappa shape index (κ2) is 3.76. The summed E-state index contributed by atoms with van der Waals surface area (Å²) in [5.41, 5.74) is 5.09. The van der Waals surface area contributed by atoms with Crippen molar-refractivity contribution in [3.63, 3.8) is 0 Å². The van der Waals surface area contributed by atoms with E-state index in [0.29, 0.717) is 22.3 Å². The molecule has 3 N–H and O–H groups in total. The van der Waals surface area contributed by atoms with E-state index in [2.05, 4.69) is 19.3 Å². The Kier molecular flexibility index (Phi) is 2.50. The van der Waals surface area contributed by atoms with Gasteiger partial charge in [-0.1, -0.05) is 13.8 Å². The third-order valence-corrected chi connectivity index (χ3v) is 6.80. The molecule has 2 nitrogen and oxygen atoms in total. The van der Waals surface area contributed by atoms with Gasteiger partial charge in [-0.3, -0.25) is 11.3 Å². The summed E-state index contributed by atoms with van der Waals surface area (Å²) in [6, 6.07) is 0.600. The van der Waals surface area contributed by atoms with Crippen LogP contribution in [0.2, 0.25) is 0 Å². The molecule has 3 atom stereocenters. The standard InChI is InChI=1S/C17H30N2/c1-15-5-12-6-16(2,9-15)11-17(7-12,10-15)8-14(19-18)13-3-4-13/h12-14,19H,3-11,18H2,1-2H3. The molecule has 5 saturated carbocycles. The maximum atomic E-state index is 5.86. The van der Waals surface area contributed by atoms with Gasteiger partial charge in [0.05, 0.1) is 0 Å². The van der Waals surface area contributed by atoms with Crippen LogP contribution in [0.15, 0.2) is 0 Å². The van der Waals surface area contributed by atoms with E-state index in [9.17, 15) is 0 Å². The van der Waals surface area contributed by atoms with Crippen molar-refractivity contribution in [1.82, 2.24) is 5.43 Å². The molecule has 0 aromatic rings. The monoisotopic (exact) mass is 262 g/mol. The first-order chi connectivity index (χ1) is 8.93. The highest BCUT2D eigenvalue weighted by molar-refractivity contribution is 5.11. The Balaban J connectivity index is 1.59. The highest BCUT2D eigenvalue weighted by Gasteiger charge is 2.60. The summed E-state index contributed by atoms with van der Waals surface area (Å²) < 4.78 is 0. The lowest BCUT2D eigenvalue weighted by Gasteiger charge is -2.66. The second-order valence-electron chi connectivity index (χ2n) is 9.44. The molecule has 19 heavy (non-hydrogen) atoms. The Labute approximate surface area is 117 Å². The minimum atomic E-state index is 0.600. The van der Waals surface area contributed by atoms with Crippen LogP contribution in [0.25, 0.3) is 0 Å². The minimum Gasteiger partial charge on any atom is -0.271 e. The van der Waals surface area contributed by atoms with Crippen LogP contribution < -0.4 is 11.3 Å². The molecule has 2 heteroatoms. The highest BCUT2D eigenvalue weighted by atomic mass is 15.2. The maximum absolute atomic E-state index is 5.86. The SMILES string of the molecule is CC12CC3CC(C)(C1)CC(CC(NN)C1CC1)(C3)C2. The molecule has 0 aromatic heterocycles. The van der Waals surface area contributed by atoms with Gasteiger partial charge in [-0.15, -0.1) is 0 Å². The Morgan fingerprint density at radius 1 is 1.05 bits per heavy atom. The number of rotatable bonds is 4. The van der Waals surface area contributed by atoms with Crippen LogP contribution in [-0.2, 0) is 0 Å². The molecule has 0 spiro atoms. The van der Waals surface area contributed by atoms with Crippen LogP contribution >= 0.6 is 0 Å². The smallest absolute Gasteiger partial charge is 0.0244 e. The number of nitrogens with one attached hydrogen (secondary N) is 1. The summed E-state index contributed by atoms with van der Waals surface area (Å²) in [5, 5.41) is 0. The zero-order valence-corrected chi connectivity index (χ0v) is 12.7. The van der Waals surface area contributed by atoms with Crippen molar-refractivity contribution in [3.8, 4) is 0 Å². The second-order valence-corrected chi connectivity index (χ2v) is 9.44. The fourth-order valence-electron chi connectivity index (χ4n) is 7.24. The zero-order valence-electron chi connectivity index (χ0n) is 12.7. The van der Waals surface area contributed by atoms with Crippen molar-refractivity contribution in [2.24, 2.45) is 33.9 Å². The van der Waals surface area contributed by atoms with Gasteiger partial charge in [0.2, 0.25) is 0 Å². The summed E-state index contributed by atoms with van der Waals surface area (Å²) in [6.45, 7) is 5.15. The Hall–Kier alpha value is -0.0800. The first-order valence-corrected chi connectivity index (χ1v) is 8.40. The lowest BCUT2D eigenvalue weighted by molar-refractivity contribution is -0.150. The quantitative estimate of drug-likeness (QED) is 0.600. The van der Waals surface area contributed by atoms with E-state index in [-0.39, 0.29) is 0 Å². The molecular formula is C17H30N2. The average Bonchev–Trinajstić information content (AvgIpc) is 3.04. The summed E-state index contributed by atoms with van der Waals surface area (Å²) in [4.78, 5) is 0. The Bertz CT molecular complexity index is 369. The van der Waals surface area contributed by atoms with E-state index in [0.717, 1.165) is 11.8 Å². The molecule has 0 saturated heterocycles. The lowest BCUT2D eigenvalue weighted by Crippen LogP contribution is -2.57. The van der Waals surface area contributed by atoms with Gasteiger partial charge in [-0.2, -0.15) is 0 Å². The maximum Gasteiger partial charge on any atom is 0.0244 e. The molecule has 0 heterocycles. The third kappa shape index (κ3) is 2.06. The van der Waals surface area contributed by atoms with Crippen molar-refractivity contribution in [1.29, 1.82) is 0 Å². The van der Waals surface area contributed by atoms with Gasteiger partial charge < -0.3 is 0 Å². The fraction of sp³-hybridized carbons (Fsp3) is 1.00. The predicted octanol–water partition coefficient (Wildman–Crippen LogP) is 3.62. The summed E-state index contributed by atoms with van der Waals surface area (Å²) in [5.74, 6) is 7.76. The van der Waals surface area contributed by atoms with E-state index in [1.54, 1.807) is 0 Å². The first-order valence-electron chi connectivity index (χ1n) is 8.40. The normalized spacial score (nSPS) is 53.5. The molecule has 5 aliphatic carbocycles. The van der Waals surface area contributed by atoms with Gasteiger partial charge in [0.15, 0.2) is 0 Å². The lowest BCUT2D eigenvalue weighted by atomic mass is 9.39. The van der Waals surface area contributed by atoms with Gasteiger partial charge >= 0.3 is 0 Å². The average molecular weight is 262 g/mol. The fourth-order valence-corrected chi connectivity index (χ4v) is 7.24. The van der Waals surface area contributed by atoms with Gasteiger partial charge in [0.25, 0.3) is 0 Å². The van der Waals surface area contributed by atoms with Crippen LogP contribution in [0.5, 0.6) is 0 Å². The van der Waals surface area contributed by atoms with Crippen LogP contribution in [-0.4, -0.2) is 6.04 Å². The topological polar surface area (TPSA) is 38.0 Å². The molecule has 5 rings (SSSR count). The Morgan fingerprint density at radius 2 is 1.68 bits per heavy atom. The van der Waals surface area contributed by atoms with Gasteiger partial charge in [-0.05, 0) is 85.9 Å². The molecule has 4 bridgehead atoms. The zero-order chi connectivity index (χ0) is 13.3.